The minimum Gasteiger partial charge on any atom is -0.447 e. The van der Waals surface area contributed by atoms with Gasteiger partial charge in [0.25, 0.3) is 0 Å². The Balaban J connectivity index is 1.63. The maximum absolute atomic E-state index is 5.60. The number of ether oxygens (including phenoxy) is 2. The van der Waals surface area contributed by atoms with Gasteiger partial charge in [-0.05, 0) is 29.9 Å². The smallest absolute Gasteiger partial charge is 0.199 e. The highest BCUT2D eigenvalue weighted by Crippen LogP contribution is 2.39. The van der Waals surface area contributed by atoms with Gasteiger partial charge >= 0.3 is 0 Å². The highest BCUT2D eigenvalue weighted by Gasteiger charge is 2.44. The van der Waals surface area contributed by atoms with Gasteiger partial charge in [0.05, 0.1) is 0 Å². The molecule has 1 saturated heterocycles. The van der Waals surface area contributed by atoms with Gasteiger partial charge in [0, 0.05) is 0 Å². The van der Waals surface area contributed by atoms with Crippen molar-refractivity contribution >= 4 is 17.3 Å². The van der Waals surface area contributed by atoms with Crippen molar-refractivity contribution in [3.63, 3.8) is 0 Å². The van der Waals surface area contributed by atoms with E-state index in [1.54, 1.807) is 0 Å². The summed E-state index contributed by atoms with van der Waals surface area (Å²) in [5.41, 5.74) is 1.14. The number of thiocarbonyl (C=S) groups is 1. The fourth-order valence-corrected chi connectivity index (χ4v) is 2.13. The average molecular weight is 256 g/mol. The molecule has 0 spiro atoms. The van der Waals surface area contributed by atoms with E-state index in [9.17, 15) is 0 Å². The van der Waals surface area contributed by atoms with Gasteiger partial charge in [0.1, 0.15) is 11.9 Å². The van der Waals surface area contributed by atoms with Crippen molar-refractivity contribution in [3.05, 3.63) is 66.2 Å². The van der Waals surface area contributed by atoms with Crippen LogP contribution in [0.3, 0.4) is 0 Å². The van der Waals surface area contributed by atoms with Crippen LogP contribution < -0.4 is 4.74 Å². The lowest BCUT2D eigenvalue weighted by molar-refractivity contribution is 0.387. The third-order valence-electron chi connectivity index (χ3n) is 2.81. The third-order valence-corrected chi connectivity index (χ3v) is 3.13. The summed E-state index contributed by atoms with van der Waals surface area (Å²) in [5, 5.41) is 0.495. The fourth-order valence-electron chi connectivity index (χ4n) is 1.85. The summed E-state index contributed by atoms with van der Waals surface area (Å²) in [5.74, 6) is 0.754. The van der Waals surface area contributed by atoms with Crippen molar-refractivity contribution in [2.75, 3.05) is 0 Å². The zero-order chi connectivity index (χ0) is 12.4. The van der Waals surface area contributed by atoms with E-state index in [1.165, 1.54) is 0 Å². The Labute approximate surface area is 111 Å². The van der Waals surface area contributed by atoms with Crippen LogP contribution in [0.4, 0.5) is 0 Å². The Morgan fingerprint density at radius 2 is 1.56 bits per heavy atom. The number of hydrogen-bond donors (Lipinski definition) is 0. The van der Waals surface area contributed by atoms with Gasteiger partial charge in [-0.1, -0.05) is 48.5 Å². The van der Waals surface area contributed by atoms with Gasteiger partial charge < -0.3 is 9.47 Å². The molecule has 0 aromatic heterocycles. The molecule has 0 bridgehead atoms. The second-order valence-corrected chi connectivity index (χ2v) is 4.52. The Morgan fingerprint density at radius 3 is 2.22 bits per heavy atom. The van der Waals surface area contributed by atoms with Crippen molar-refractivity contribution in [1.82, 2.24) is 0 Å². The molecule has 1 fully saturated rings. The van der Waals surface area contributed by atoms with E-state index in [1.807, 2.05) is 60.7 Å². The maximum atomic E-state index is 5.60. The van der Waals surface area contributed by atoms with Crippen molar-refractivity contribution in [2.45, 2.75) is 12.2 Å². The van der Waals surface area contributed by atoms with E-state index in [2.05, 4.69) is 0 Å². The summed E-state index contributed by atoms with van der Waals surface area (Å²) in [4.78, 5) is 0. The zero-order valence-corrected chi connectivity index (χ0v) is 10.5. The number of rotatable bonds is 3. The molecule has 1 aliphatic rings. The molecule has 2 atom stereocenters. The first-order valence-electron chi connectivity index (χ1n) is 5.82. The molecule has 0 saturated carbocycles. The molecular formula is C15H12O2S. The average Bonchev–Trinajstić information content (AvgIpc) is 3.21. The number of benzene rings is 2. The fraction of sp³-hybridized carbons (Fsp3) is 0.133. The monoisotopic (exact) mass is 256 g/mol. The van der Waals surface area contributed by atoms with Gasteiger partial charge in [0.15, 0.2) is 11.2 Å². The van der Waals surface area contributed by atoms with Crippen molar-refractivity contribution in [1.29, 1.82) is 0 Å². The summed E-state index contributed by atoms with van der Waals surface area (Å²) in [6.07, 6.45) is -0.0648. The molecule has 1 aliphatic heterocycles. The molecule has 0 N–H and O–H groups in total. The van der Waals surface area contributed by atoms with Gasteiger partial charge in [0.2, 0.25) is 0 Å². The minimum atomic E-state index is -0.109. The van der Waals surface area contributed by atoms with Crippen LogP contribution in [-0.4, -0.2) is 11.2 Å². The molecule has 0 amide bonds. The highest BCUT2D eigenvalue weighted by molar-refractivity contribution is 7.80. The molecule has 0 aliphatic carbocycles. The SMILES string of the molecule is S=C(Oc1ccccc1)[C@H]1O[C@@H]1c1ccccc1. The van der Waals surface area contributed by atoms with Crippen LogP contribution in [0.5, 0.6) is 5.75 Å². The topological polar surface area (TPSA) is 21.8 Å². The number of para-hydroxylation sites is 1. The van der Waals surface area contributed by atoms with Gasteiger partial charge in [-0.2, -0.15) is 0 Å². The summed E-state index contributed by atoms with van der Waals surface area (Å²) in [6.45, 7) is 0. The van der Waals surface area contributed by atoms with Crippen LogP contribution >= 0.6 is 12.2 Å². The minimum absolute atomic E-state index is 0.0439. The summed E-state index contributed by atoms with van der Waals surface area (Å²) in [7, 11) is 0. The maximum Gasteiger partial charge on any atom is 0.199 e. The summed E-state index contributed by atoms with van der Waals surface area (Å²) >= 11 is 5.25. The van der Waals surface area contributed by atoms with E-state index in [4.69, 9.17) is 21.7 Å². The molecule has 0 radical (unpaired) electrons. The molecule has 18 heavy (non-hydrogen) atoms. The summed E-state index contributed by atoms with van der Waals surface area (Å²) < 4.78 is 11.2. The molecule has 2 aromatic rings. The quantitative estimate of drug-likeness (QED) is 0.619. The molecule has 3 rings (SSSR count). The lowest BCUT2D eigenvalue weighted by Crippen LogP contribution is -2.13. The van der Waals surface area contributed by atoms with Crippen LogP contribution in [0.2, 0.25) is 0 Å². The largest absolute Gasteiger partial charge is 0.447 e. The molecule has 0 unspecified atom stereocenters. The lowest BCUT2D eigenvalue weighted by atomic mass is 10.1. The lowest BCUT2D eigenvalue weighted by Gasteiger charge is -2.03. The van der Waals surface area contributed by atoms with Crippen LogP contribution in [0.15, 0.2) is 60.7 Å². The molecule has 2 nitrogen and oxygen atoms in total. The van der Waals surface area contributed by atoms with E-state index < -0.39 is 0 Å². The Bertz CT molecular complexity index is 539. The Kier molecular flexibility index (Phi) is 3.09. The molecule has 2 aromatic carbocycles. The summed E-state index contributed by atoms with van der Waals surface area (Å²) in [6, 6.07) is 19.6. The molecule has 90 valence electrons. The second-order valence-electron chi connectivity index (χ2n) is 4.12. The van der Waals surface area contributed by atoms with E-state index >= 15 is 0 Å². The van der Waals surface area contributed by atoms with Gasteiger partial charge in [-0.25, -0.2) is 0 Å². The van der Waals surface area contributed by atoms with E-state index in [0.717, 1.165) is 11.3 Å². The third kappa shape index (κ3) is 2.42. The van der Waals surface area contributed by atoms with Crippen molar-refractivity contribution < 1.29 is 9.47 Å². The van der Waals surface area contributed by atoms with Crippen LogP contribution in [0.25, 0.3) is 0 Å². The Hall–Kier alpha value is -1.71. The van der Waals surface area contributed by atoms with Gasteiger partial charge in [-0.3, -0.25) is 0 Å². The standard InChI is InChI=1S/C15H12O2S/c18-15(16-12-9-5-2-6-10-12)14-13(17-14)11-7-3-1-4-8-11/h1-10,13-14H/t13-,14+/m1/s1. The first-order chi connectivity index (χ1) is 8.84. The van der Waals surface area contributed by atoms with Crippen LogP contribution in [-0.2, 0) is 4.74 Å². The predicted molar refractivity (Wildman–Crippen MR) is 73.7 cm³/mol. The Morgan fingerprint density at radius 1 is 0.944 bits per heavy atom. The molecule has 1 heterocycles. The van der Waals surface area contributed by atoms with Crippen molar-refractivity contribution in [3.8, 4) is 5.75 Å². The van der Waals surface area contributed by atoms with Crippen LogP contribution in [0, 0.1) is 0 Å². The van der Waals surface area contributed by atoms with Crippen molar-refractivity contribution in [2.24, 2.45) is 0 Å². The molecule has 3 heteroatoms. The number of epoxide rings is 1. The first kappa shape index (κ1) is 11.4. The van der Waals surface area contributed by atoms with E-state index in [0.29, 0.717) is 5.05 Å². The van der Waals surface area contributed by atoms with Gasteiger partial charge in [-0.15, -0.1) is 0 Å². The highest BCUT2D eigenvalue weighted by atomic mass is 32.1. The van der Waals surface area contributed by atoms with Crippen LogP contribution in [0.1, 0.15) is 11.7 Å². The van der Waals surface area contributed by atoms with E-state index in [-0.39, 0.29) is 12.2 Å². The zero-order valence-electron chi connectivity index (χ0n) is 9.65. The second kappa shape index (κ2) is 4.88. The first-order valence-corrected chi connectivity index (χ1v) is 6.22. The molecular weight excluding hydrogens is 244 g/mol. The number of hydrogen-bond acceptors (Lipinski definition) is 3. The predicted octanol–water partition coefficient (Wildman–Crippen LogP) is 3.53. The normalized spacial score (nSPS) is 21.3.